The van der Waals surface area contributed by atoms with Crippen LogP contribution in [-0.4, -0.2) is 51.9 Å². The molecule has 7 heteroatoms. The van der Waals surface area contributed by atoms with Crippen molar-refractivity contribution in [1.29, 1.82) is 0 Å². The van der Waals surface area contributed by atoms with Gasteiger partial charge in [0.2, 0.25) is 5.91 Å². The molecule has 4 N–H and O–H groups in total. The third kappa shape index (κ3) is 7.41. The largest absolute Gasteiger partial charge is 0.381 e. The van der Waals surface area contributed by atoms with Crippen molar-refractivity contribution in [3.63, 3.8) is 0 Å². The van der Waals surface area contributed by atoms with Gasteiger partial charge in [-0.05, 0) is 42.9 Å². The second-order valence-electron chi connectivity index (χ2n) is 6.40. The van der Waals surface area contributed by atoms with E-state index in [9.17, 15) is 4.79 Å². The predicted molar refractivity (Wildman–Crippen MR) is 102 cm³/mol. The number of carbonyl (C=O) groups is 1. The van der Waals surface area contributed by atoms with Crippen molar-refractivity contribution < 1.29 is 14.3 Å². The molecule has 1 fully saturated rings. The molecule has 144 valence electrons. The topological polar surface area (TPSA) is 98.0 Å². The number of ether oxygens (including phenoxy) is 2. The molecule has 1 aromatic carbocycles. The van der Waals surface area contributed by atoms with Gasteiger partial charge in [0.1, 0.15) is 0 Å². The Labute approximate surface area is 155 Å². The number of nitrogens with zero attached hydrogens (tertiary/aromatic N) is 1. The Hall–Kier alpha value is -2.12. The van der Waals surface area contributed by atoms with Crippen molar-refractivity contribution in [2.75, 3.05) is 40.0 Å². The summed E-state index contributed by atoms with van der Waals surface area (Å²) in [6, 6.07) is 7.21. The summed E-state index contributed by atoms with van der Waals surface area (Å²) in [6.45, 7) is 4.73. The summed E-state index contributed by atoms with van der Waals surface area (Å²) in [5, 5.41) is 6.52. The van der Waals surface area contributed by atoms with Gasteiger partial charge in [0.25, 0.3) is 0 Å². The van der Waals surface area contributed by atoms with Crippen LogP contribution in [0.4, 0.5) is 0 Å². The van der Waals surface area contributed by atoms with Crippen molar-refractivity contribution in [2.45, 2.75) is 25.8 Å². The highest BCUT2D eigenvalue weighted by Gasteiger charge is 2.13. The number of nitrogens with two attached hydrogens (primary N) is 1. The van der Waals surface area contributed by atoms with Crippen LogP contribution in [0.3, 0.4) is 0 Å². The lowest BCUT2D eigenvalue weighted by molar-refractivity contribution is 0.0203. The molecule has 1 saturated heterocycles. The van der Waals surface area contributed by atoms with Crippen molar-refractivity contribution in [3.8, 4) is 0 Å². The molecule has 7 nitrogen and oxygen atoms in total. The molecule has 1 aliphatic heterocycles. The van der Waals surface area contributed by atoms with Gasteiger partial charge in [-0.3, -0.25) is 9.79 Å². The first-order chi connectivity index (χ1) is 12.7. The number of carbonyl (C=O) groups excluding carboxylic acids is 1. The van der Waals surface area contributed by atoms with Crippen molar-refractivity contribution in [2.24, 2.45) is 16.6 Å². The maximum absolute atomic E-state index is 11.1. The summed E-state index contributed by atoms with van der Waals surface area (Å²) in [6.07, 6.45) is 3.14. The fourth-order valence-electron chi connectivity index (χ4n) is 2.74. The maximum Gasteiger partial charge on any atom is 0.248 e. The van der Waals surface area contributed by atoms with Gasteiger partial charge < -0.3 is 25.8 Å². The number of primary amides is 1. The molecule has 2 rings (SSSR count). The minimum absolute atomic E-state index is 0.416. The van der Waals surface area contributed by atoms with Crippen LogP contribution in [0.1, 0.15) is 35.2 Å². The molecule has 0 aliphatic carbocycles. The summed E-state index contributed by atoms with van der Waals surface area (Å²) in [5.74, 6) is 0.974. The van der Waals surface area contributed by atoms with Crippen molar-refractivity contribution in [3.05, 3.63) is 35.4 Å². The van der Waals surface area contributed by atoms with Crippen LogP contribution in [0.15, 0.2) is 29.3 Å². The van der Waals surface area contributed by atoms with Gasteiger partial charge in [0, 0.05) is 52.1 Å². The quantitative estimate of drug-likeness (QED) is 0.349. The van der Waals surface area contributed by atoms with E-state index < -0.39 is 5.91 Å². The zero-order chi connectivity index (χ0) is 18.6. The first-order valence-corrected chi connectivity index (χ1v) is 9.18. The van der Waals surface area contributed by atoms with Crippen LogP contribution in [0.2, 0.25) is 0 Å². The van der Waals surface area contributed by atoms with Crippen LogP contribution in [0, 0.1) is 5.92 Å². The van der Waals surface area contributed by atoms with Crippen LogP contribution in [-0.2, 0) is 16.0 Å². The Kier molecular flexibility index (Phi) is 8.92. The number of benzene rings is 1. The number of nitrogens with one attached hydrogen (secondary N) is 2. The molecular weight excluding hydrogens is 332 g/mol. The Morgan fingerprint density at radius 2 is 2.00 bits per heavy atom. The van der Waals surface area contributed by atoms with Crippen LogP contribution >= 0.6 is 0 Å². The molecule has 1 heterocycles. The van der Waals surface area contributed by atoms with Gasteiger partial charge in [0.15, 0.2) is 5.96 Å². The second-order valence-corrected chi connectivity index (χ2v) is 6.40. The minimum atomic E-state index is -0.416. The lowest BCUT2D eigenvalue weighted by atomic mass is 10.0. The summed E-state index contributed by atoms with van der Waals surface area (Å²) in [5.41, 5.74) is 6.80. The van der Waals surface area contributed by atoms with E-state index in [4.69, 9.17) is 15.2 Å². The normalized spacial score (nSPS) is 15.7. The maximum atomic E-state index is 11.1. The second kappa shape index (κ2) is 11.5. The first-order valence-electron chi connectivity index (χ1n) is 9.18. The van der Waals surface area contributed by atoms with Gasteiger partial charge in [-0.2, -0.15) is 0 Å². The van der Waals surface area contributed by atoms with E-state index in [-0.39, 0.29) is 0 Å². The van der Waals surface area contributed by atoms with Gasteiger partial charge in [-0.15, -0.1) is 0 Å². The molecule has 0 spiro atoms. The van der Waals surface area contributed by atoms with E-state index in [2.05, 4.69) is 15.6 Å². The van der Waals surface area contributed by atoms with Gasteiger partial charge in [0.05, 0.1) is 0 Å². The van der Waals surface area contributed by atoms with E-state index >= 15 is 0 Å². The fourth-order valence-corrected chi connectivity index (χ4v) is 2.74. The first kappa shape index (κ1) is 20.2. The Morgan fingerprint density at radius 1 is 1.27 bits per heavy atom. The zero-order valence-corrected chi connectivity index (χ0v) is 15.5. The lowest BCUT2D eigenvalue weighted by Gasteiger charge is -2.21. The summed E-state index contributed by atoms with van der Waals surface area (Å²) >= 11 is 0. The minimum Gasteiger partial charge on any atom is -0.381 e. The highest BCUT2D eigenvalue weighted by molar-refractivity contribution is 5.92. The summed E-state index contributed by atoms with van der Waals surface area (Å²) < 4.78 is 11.1. The molecule has 1 aromatic rings. The predicted octanol–water partition coefficient (Wildman–Crippen LogP) is 1.28. The summed E-state index contributed by atoms with van der Waals surface area (Å²) in [4.78, 5) is 15.3. The number of rotatable bonds is 9. The average molecular weight is 362 g/mol. The van der Waals surface area contributed by atoms with Crippen molar-refractivity contribution >= 4 is 11.9 Å². The molecule has 0 atom stereocenters. The van der Waals surface area contributed by atoms with Crippen molar-refractivity contribution in [1.82, 2.24) is 10.6 Å². The molecular formula is C19H30N4O3. The fraction of sp³-hybridized carbons (Fsp3) is 0.579. The third-order valence-corrected chi connectivity index (χ3v) is 4.37. The highest BCUT2D eigenvalue weighted by atomic mass is 16.5. The van der Waals surface area contributed by atoms with Gasteiger partial charge in [-0.1, -0.05) is 12.1 Å². The monoisotopic (exact) mass is 362 g/mol. The van der Waals surface area contributed by atoms with E-state index in [0.717, 1.165) is 63.8 Å². The molecule has 1 amide bonds. The van der Waals surface area contributed by atoms with E-state index in [1.165, 1.54) is 0 Å². The van der Waals surface area contributed by atoms with Crippen LogP contribution < -0.4 is 16.4 Å². The van der Waals surface area contributed by atoms with E-state index in [0.29, 0.717) is 18.0 Å². The molecule has 0 saturated carbocycles. The SMILES string of the molecule is CN=C(NCCCOCC1CCOCC1)NCc1ccc(C(N)=O)cc1. The number of guanidine groups is 1. The van der Waals surface area contributed by atoms with E-state index in [1.807, 2.05) is 12.1 Å². The zero-order valence-electron chi connectivity index (χ0n) is 15.5. The third-order valence-electron chi connectivity index (χ3n) is 4.37. The van der Waals surface area contributed by atoms with E-state index in [1.54, 1.807) is 19.2 Å². The number of aliphatic imine (C=N–C) groups is 1. The Morgan fingerprint density at radius 3 is 2.65 bits per heavy atom. The molecule has 0 aromatic heterocycles. The molecule has 0 radical (unpaired) electrons. The lowest BCUT2D eigenvalue weighted by Crippen LogP contribution is -2.37. The summed E-state index contributed by atoms with van der Waals surface area (Å²) in [7, 11) is 1.74. The van der Waals surface area contributed by atoms with Crippen LogP contribution in [0.25, 0.3) is 0 Å². The van der Waals surface area contributed by atoms with Gasteiger partial charge in [-0.25, -0.2) is 0 Å². The Bertz CT molecular complexity index is 569. The van der Waals surface area contributed by atoms with Crippen LogP contribution in [0.5, 0.6) is 0 Å². The standard InChI is InChI=1S/C19H30N4O3/c1-21-19(23-13-15-3-5-17(6-4-15)18(20)24)22-9-2-10-26-14-16-7-11-25-12-8-16/h3-6,16H,2,7-14H2,1H3,(H2,20,24)(H2,21,22,23). The number of hydrogen-bond donors (Lipinski definition) is 3. The molecule has 0 unspecified atom stereocenters. The smallest absolute Gasteiger partial charge is 0.248 e. The number of amides is 1. The molecule has 1 aliphatic rings. The Balaban J connectivity index is 1.56. The average Bonchev–Trinajstić information content (AvgIpc) is 2.68. The molecule has 0 bridgehead atoms. The highest BCUT2D eigenvalue weighted by Crippen LogP contribution is 2.14. The van der Waals surface area contributed by atoms with Gasteiger partial charge >= 0.3 is 0 Å². The number of hydrogen-bond acceptors (Lipinski definition) is 4. The molecule has 26 heavy (non-hydrogen) atoms.